The van der Waals surface area contributed by atoms with E-state index in [1.807, 2.05) is 12.1 Å². The van der Waals surface area contributed by atoms with Crippen molar-refractivity contribution in [2.75, 3.05) is 5.75 Å². The van der Waals surface area contributed by atoms with Crippen LogP contribution in [0.1, 0.15) is 10.4 Å². The highest BCUT2D eigenvalue weighted by molar-refractivity contribution is 7.99. The molecule has 0 aliphatic rings. The molecule has 0 saturated heterocycles. The summed E-state index contributed by atoms with van der Waals surface area (Å²) < 4.78 is 31.7. The number of hydrogen-bond acceptors (Lipinski definition) is 4. The van der Waals surface area contributed by atoms with E-state index in [0.29, 0.717) is 22.4 Å². The Balaban J connectivity index is 1.73. The Morgan fingerprint density at radius 3 is 2.76 bits per heavy atom. The number of carbonyl (C=O) groups is 1. The van der Waals surface area contributed by atoms with Crippen LogP contribution in [0, 0.1) is 11.6 Å². The van der Waals surface area contributed by atoms with Crippen molar-refractivity contribution in [2.24, 2.45) is 0 Å². The van der Waals surface area contributed by atoms with Gasteiger partial charge >= 0.3 is 0 Å². The molecule has 6 heteroatoms. The van der Waals surface area contributed by atoms with E-state index in [1.54, 1.807) is 12.1 Å². The van der Waals surface area contributed by atoms with E-state index in [-0.39, 0.29) is 11.3 Å². The van der Waals surface area contributed by atoms with E-state index in [9.17, 15) is 13.6 Å². The highest BCUT2D eigenvalue weighted by Crippen LogP contribution is 2.24. The summed E-state index contributed by atoms with van der Waals surface area (Å²) >= 11 is 1.07. The van der Waals surface area contributed by atoms with Crippen LogP contribution in [-0.4, -0.2) is 16.5 Å². The third-order valence-electron chi connectivity index (χ3n) is 2.83. The first-order valence-electron chi connectivity index (χ1n) is 6.10. The third-order valence-corrected chi connectivity index (χ3v) is 3.66. The lowest BCUT2D eigenvalue weighted by molar-refractivity contribution is 0.101. The first kappa shape index (κ1) is 13.8. The summed E-state index contributed by atoms with van der Waals surface area (Å²) in [6.45, 7) is 0. The number of ketones is 1. The molecule has 0 saturated carbocycles. The second-order valence-corrected chi connectivity index (χ2v) is 5.21. The van der Waals surface area contributed by atoms with Crippen LogP contribution in [0.25, 0.3) is 11.1 Å². The molecule has 0 fully saturated rings. The minimum absolute atomic E-state index is 0.0324. The predicted molar refractivity (Wildman–Crippen MR) is 75.4 cm³/mol. The Hall–Kier alpha value is -2.21. The highest BCUT2D eigenvalue weighted by atomic mass is 32.2. The van der Waals surface area contributed by atoms with Gasteiger partial charge in [0.25, 0.3) is 5.22 Å². The van der Waals surface area contributed by atoms with Gasteiger partial charge in [-0.15, -0.1) is 0 Å². The maximum atomic E-state index is 13.5. The van der Waals surface area contributed by atoms with Gasteiger partial charge in [-0.3, -0.25) is 4.79 Å². The standard InChI is InChI=1S/C15H9F2NO2S/c16-9-5-6-10(11(17)7-9)13(19)8-21-15-18-12-3-1-2-4-14(12)20-15/h1-7H,8H2. The Morgan fingerprint density at radius 2 is 2.00 bits per heavy atom. The summed E-state index contributed by atoms with van der Waals surface area (Å²) in [7, 11) is 0. The number of thioether (sulfide) groups is 1. The van der Waals surface area contributed by atoms with Gasteiger partial charge in [0.15, 0.2) is 11.4 Å². The number of hydrogen-bond donors (Lipinski definition) is 0. The number of halogens is 2. The normalized spacial score (nSPS) is 11.0. The largest absolute Gasteiger partial charge is 0.431 e. The summed E-state index contributed by atoms with van der Waals surface area (Å²) in [5.74, 6) is -2.05. The van der Waals surface area contributed by atoms with Crippen LogP contribution in [0.3, 0.4) is 0 Å². The Bertz CT molecular complexity index is 783. The number of benzene rings is 2. The van der Waals surface area contributed by atoms with Gasteiger partial charge in [0.2, 0.25) is 0 Å². The van der Waals surface area contributed by atoms with Crippen LogP contribution in [0.15, 0.2) is 52.1 Å². The van der Waals surface area contributed by atoms with Gasteiger partial charge in [-0.05, 0) is 24.3 Å². The molecule has 2 aromatic carbocycles. The summed E-state index contributed by atoms with van der Waals surface area (Å²) in [5, 5.41) is 0.340. The number of fused-ring (bicyclic) bond motifs is 1. The molecule has 3 nitrogen and oxygen atoms in total. The molecule has 21 heavy (non-hydrogen) atoms. The molecule has 0 atom stereocenters. The van der Waals surface area contributed by atoms with Gasteiger partial charge in [-0.2, -0.15) is 0 Å². The highest BCUT2D eigenvalue weighted by Gasteiger charge is 2.14. The topological polar surface area (TPSA) is 43.1 Å². The molecular formula is C15H9F2NO2S. The van der Waals surface area contributed by atoms with E-state index in [0.717, 1.165) is 23.9 Å². The molecule has 0 unspecified atom stereocenters. The van der Waals surface area contributed by atoms with Gasteiger partial charge in [0.1, 0.15) is 17.2 Å². The zero-order valence-corrected chi connectivity index (χ0v) is 11.5. The fourth-order valence-corrected chi connectivity index (χ4v) is 2.56. The lowest BCUT2D eigenvalue weighted by Gasteiger charge is -2.01. The van der Waals surface area contributed by atoms with Crippen molar-refractivity contribution in [1.82, 2.24) is 4.98 Å². The van der Waals surface area contributed by atoms with Crippen molar-refractivity contribution in [3.8, 4) is 0 Å². The number of para-hydroxylation sites is 2. The monoisotopic (exact) mass is 305 g/mol. The van der Waals surface area contributed by atoms with E-state index in [2.05, 4.69) is 4.98 Å². The Labute approximate surface area is 123 Å². The fraction of sp³-hybridized carbons (Fsp3) is 0.0667. The number of oxazole rings is 1. The summed E-state index contributed by atoms with van der Waals surface area (Å²) in [5.41, 5.74) is 1.18. The van der Waals surface area contributed by atoms with Gasteiger partial charge in [0, 0.05) is 6.07 Å². The van der Waals surface area contributed by atoms with E-state index >= 15 is 0 Å². The van der Waals surface area contributed by atoms with Crippen LogP contribution < -0.4 is 0 Å². The minimum atomic E-state index is -0.863. The van der Waals surface area contributed by atoms with Crippen molar-refractivity contribution in [3.63, 3.8) is 0 Å². The second kappa shape index (κ2) is 5.65. The van der Waals surface area contributed by atoms with Crippen molar-refractivity contribution in [3.05, 3.63) is 59.7 Å². The first-order valence-corrected chi connectivity index (χ1v) is 7.08. The summed E-state index contributed by atoms with van der Waals surface area (Å²) in [6.07, 6.45) is 0. The first-order chi connectivity index (χ1) is 10.1. The number of nitrogens with zero attached hydrogens (tertiary/aromatic N) is 1. The average molecular weight is 305 g/mol. The predicted octanol–water partition coefficient (Wildman–Crippen LogP) is 4.08. The lowest BCUT2D eigenvalue weighted by atomic mass is 10.1. The van der Waals surface area contributed by atoms with Gasteiger partial charge in [-0.1, -0.05) is 23.9 Å². The molecule has 0 aliphatic carbocycles. The summed E-state index contributed by atoms with van der Waals surface area (Å²) in [6, 6.07) is 10.1. The number of Topliss-reactive ketones (excluding diaryl/α,β-unsaturated/α-hetero) is 1. The van der Waals surface area contributed by atoms with Crippen molar-refractivity contribution >= 4 is 28.6 Å². The number of rotatable bonds is 4. The van der Waals surface area contributed by atoms with Gasteiger partial charge in [-0.25, -0.2) is 13.8 Å². The Morgan fingerprint density at radius 1 is 1.19 bits per heavy atom. The molecule has 106 valence electrons. The molecule has 0 aliphatic heterocycles. The Kier molecular flexibility index (Phi) is 3.70. The van der Waals surface area contributed by atoms with Crippen LogP contribution in [0.2, 0.25) is 0 Å². The lowest BCUT2D eigenvalue weighted by Crippen LogP contribution is -2.05. The van der Waals surface area contributed by atoms with Crippen LogP contribution in [-0.2, 0) is 0 Å². The van der Waals surface area contributed by atoms with Crippen LogP contribution >= 0.6 is 11.8 Å². The van der Waals surface area contributed by atoms with E-state index in [1.165, 1.54) is 0 Å². The molecule has 1 heterocycles. The van der Waals surface area contributed by atoms with Gasteiger partial charge in [0.05, 0.1) is 11.3 Å². The zero-order valence-electron chi connectivity index (χ0n) is 10.7. The van der Waals surface area contributed by atoms with Crippen molar-refractivity contribution < 1.29 is 18.0 Å². The smallest absolute Gasteiger partial charge is 0.257 e. The number of carbonyl (C=O) groups excluding carboxylic acids is 1. The number of aromatic nitrogens is 1. The summed E-state index contributed by atoms with van der Waals surface area (Å²) in [4.78, 5) is 16.1. The SMILES string of the molecule is O=C(CSc1nc2ccccc2o1)c1ccc(F)cc1F. The van der Waals surface area contributed by atoms with Crippen LogP contribution in [0.4, 0.5) is 8.78 Å². The molecule has 1 aromatic heterocycles. The van der Waals surface area contributed by atoms with Crippen molar-refractivity contribution in [2.45, 2.75) is 5.22 Å². The fourth-order valence-electron chi connectivity index (χ4n) is 1.83. The van der Waals surface area contributed by atoms with E-state index in [4.69, 9.17) is 4.42 Å². The van der Waals surface area contributed by atoms with Crippen molar-refractivity contribution in [1.29, 1.82) is 0 Å². The van der Waals surface area contributed by atoms with Gasteiger partial charge < -0.3 is 4.42 Å². The molecule has 0 amide bonds. The van der Waals surface area contributed by atoms with Crippen LogP contribution in [0.5, 0.6) is 0 Å². The molecule has 0 bridgehead atoms. The zero-order chi connectivity index (χ0) is 14.8. The molecular weight excluding hydrogens is 296 g/mol. The average Bonchev–Trinajstić information content (AvgIpc) is 2.87. The molecule has 0 N–H and O–H groups in total. The molecule has 3 aromatic rings. The maximum Gasteiger partial charge on any atom is 0.257 e. The third kappa shape index (κ3) is 2.95. The molecule has 0 radical (unpaired) electrons. The minimum Gasteiger partial charge on any atom is -0.431 e. The quantitative estimate of drug-likeness (QED) is 0.538. The second-order valence-electron chi connectivity index (χ2n) is 4.28. The van der Waals surface area contributed by atoms with E-state index < -0.39 is 17.4 Å². The molecule has 0 spiro atoms. The maximum absolute atomic E-state index is 13.5. The molecule has 3 rings (SSSR count).